The van der Waals surface area contributed by atoms with Crippen LogP contribution in [-0.4, -0.2) is 27.0 Å². The number of nitrogens with zero attached hydrogens (tertiary/aromatic N) is 2. The zero-order valence-corrected chi connectivity index (χ0v) is 14.3. The molecule has 0 saturated carbocycles. The molecule has 1 aliphatic rings. The van der Waals surface area contributed by atoms with Crippen molar-refractivity contribution in [2.45, 2.75) is 19.3 Å². The van der Waals surface area contributed by atoms with Crippen LogP contribution in [0.25, 0.3) is 0 Å². The lowest BCUT2D eigenvalue weighted by atomic mass is 9.82. The number of allylic oxidation sites excluding steroid dienone is 4. The standard InChI is InChI=1S/C17H18N2O4S/c1-3-24(20,21)23-19-16-6-4-5-13(11-12-18)17(16)14-7-9-15(22-2)10-8-14/h4-10,17H,3,11H2,1-2H3. The molecule has 1 unspecified atom stereocenters. The van der Waals surface area contributed by atoms with Gasteiger partial charge in [-0.05, 0) is 36.3 Å². The van der Waals surface area contributed by atoms with Crippen LogP contribution in [0.4, 0.5) is 0 Å². The fraction of sp³-hybridized carbons (Fsp3) is 0.294. The molecule has 0 aliphatic heterocycles. The molecule has 6 nitrogen and oxygen atoms in total. The van der Waals surface area contributed by atoms with Crippen LogP contribution in [0.2, 0.25) is 0 Å². The average molecular weight is 346 g/mol. The molecule has 1 atom stereocenters. The second kappa shape index (κ2) is 7.79. The Kier molecular flexibility index (Phi) is 5.77. The normalized spacial score (nSPS) is 18.8. The van der Waals surface area contributed by atoms with Crippen molar-refractivity contribution < 1.29 is 17.4 Å². The van der Waals surface area contributed by atoms with Gasteiger partial charge in [-0.1, -0.05) is 29.4 Å². The highest BCUT2D eigenvalue weighted by Crippen LogP contribution is 2.32. The molecule has 1 aliphatic carbocycles. The molecule has 2 rings (SSSR count). The minimum atomic E-state index is -3.69. The van der Waals surface area contributed by atoms with Gasteiger partial charge in [-0.2, -0.15) is 13.7 Å². The maximum absolute atomic E-state index is 11.5. The quantitative estimate of drug-likeness (QED) is 0.739. The van der Waals surface area contributed by atoms with Gasteiger partial charge in [0.1, 0.15) is 5.75 Å². The molecule has 0 saturated heterocycles. The summed E-state index contributed by atoms with van der Waals surface area (Å²) in [5.74, 6) is 0.202. The Balaban J connectivity index is 2.41. The van der Waals surface area contributed by atoms with Crippen molar-refractivity contribution in [2.75, 3.05) is 12.9 Å². The lowest BCUT2D eigenvalue weighted by Crippen LogP contribution is -2.17. The minimum Gasteiger partial charge on any atom is -0.497 e. The number of nitriles is 1. The van der Waals surface area contributed by atoms with Crippen LogP contribution < -0.4 is 4.74 Å². The van der Waals surface area contributed by atoms with E-state index in [9.17, 15) is 8.42 Å². The average Bonchev–Trinajstić information content (AvgIpc) is 2.60. The first-order valence-electron chi connectivity index (χ1n) is 7.38. The maximum Gasteiger partial charge on any atom is 0.328 e. The summed E-state index contributed by atoms with van der Waals surface area (Å²) >= 11 is 0. The molecule has 0 aromatic heterocycles. The van der Waals surface area contributed by atoms with Gasteiger partial charge in [0.25, 0.3) is 0 Å². The van der Waals surface area contributed by atoms with Gasteiger partial charge >= 0.3 is 10.1 Å². The Labute approximate surface area is 141 Å². The van der Waals surface area contributed by atoms with Crippen molar-refractivity contribution in [2.24, 2.45) is 5.16 Å². The third-order valence-corrected chi connectivity index (χ3v) is 4.59. The van der Waals surface area contributed by atoms with Crippen LogP contribution in [0.15, 0.2) is 53.2 Å². The lowest BCUT2D eigenvalue weighted by molar-refractivity contribution is 0.338. The summed E-state index contributed by atoms with van der Waals surface area (Å²) in [5.41, 5.74) is 2.13. The van der Waals surface area contributed by atoms with E-state index >= 15 is 0 Å². The number of oxime groups is 1. The predicted molar refractivity (Wildman–Crippen MR) is 91.2 cm³/mol. The number of methoxy groups -OCH3 is 1. The molecule has 0 N–H and O–H groups in total. The highest BCUT2D eigenvalue weighted by Gasteiger charge is 2.24. The van der Waals surface area contributed by atoms with E-state index in [0.29, 0.717) is 11.5 Å². The van der Waals surface area contributed by atoms with Crippen LogP contribution in [0.1, 0.15) is 24.8 Å². The van der Waals surface area contributed by atoms with Crippen molar-refractivity contribution in [3.05, 3.63) is 53.6 Å². The van der Waals surface area contributed by atoms with Gasteiger partial charge in [0.2, 0.25) is 0 Å². The summed E-state index contributed by atoms with van der Waals surface area (Å²) in [6, 6.07) is 9.45. The van der Waals surface area contributed by atoms with Gasteiger partial charge in [-0.3, -0.25) is 4.28 Å². The highest BCUT2D eigenvalue weighted by molar-refractivity contribution is 7.86. The number of hydrogen-bond donors (Lipinski definition) is 0. The summed E-state index contributed by atoms with van der Waals surface area (Å²) in [6.45, 7) is 1.48. The van der Waals surface area contributed by atoms with Crippen molar-refractivity contribution in [1.29, 1.82) is 5.26 Å². The molecule has 0 bridgehead atoms. The molecular formula is C17H18N2O4S. The zero-order valence-electron chi connectivity index (χ0n) is 13.5. The zero-order chi connectivity index (χ0) is 17.6. The third-order valence-electron chi connectivity index (χ3n) is 3.59. The van der Waals surface area contributed by atoms with Gasteiger partial charge in [-0.25, -0.2) is 0 Å². The van der Waals surface area contributed by atoms with Gasteiger partial charge in [0, 0.05) is 0 Å². The Morgan fingerprint density at radius 3 is 2.58 bits per heavy atom. The number of ether oxygens (including phenoxy) is 1. The van der Waals surface area contributed by atoms with E-state index in [0.717, 1.165) is 11.1 Å². The van der Waals surface area contributed by atoms with E-state index in [1.54, 1.807) is 31.4 Å². The topological polar surface area (TPSA) is 88.8 Å². The molecule has 0 heterocycles. The molecule has 24 heavy (non-hydrogen) atoms. The van der Waals surface area contributed by atoms with Crippen LogP contribution in [0.3, 0.4) is 0 Å². The molecule has 126 valence electrons. The second-order valence-electron chi connectivity index (χ2n) is 5.08. The maximum atomic E-state index is 11.5. The monoisotopic (exact) mass is 346 g/mol. The number of rotatable bonds is 6. The molecule has 0 fully saturated rings. The SMILES string of the molecule is CCS(=O)(=O)ON=C1C=CC=C(CC#N)C1c1ccc(OC)cc1. The predicted octanol–water partition coefficient (Wildman–Crippen LogP) is 2.91. The van der Waals surface area contributed by atoms with E-state index in [-0.39, 0.29) is 18.1 Å². The summed E-state index contributed by atoms with van der Waals surface area (Å²) in [7, 11) is -2.11. The number of hydrogen-bond acceptors (Lipinski definition) is 6. The van der Waals surface area contributed by atoms with Crippen LogP contribution >= 0.6 is 0 Å². The van der Waals surface area contributed by atoms with Crippen molar-refractivity contribution >= 4 is 15.8 Å². The Hall–Kier alpha value is -2.59. The van der Waals surface area contributed by atoms with Gasteiger partial charge < -0.3 is 4.74 Å². The van der Waals surface area contributed by atoms with Crippen LogP contribution in [-0.2, 0) is 14.4 Å². The Morgan fingerprint density at radius 1 is 1.29 bits per heavy atom. The summed E-state index contributed by atoms with van der Waals surface area (Å²) in [4.78, 5) is 0. The van der Waals surface area contributed by atoms with Crippen LogP contribution in [0.5, 0.6) is 5.75 Å². The Bertz CT molecular complexity index is 815. The van der Waals surface area contributed by atoms with E-state index < -0.39 is 10.1 Å². The van der Waals surface area contributed by atoms with E-state index in [1.165, 1.54) is 6.92 Å². The lowest BCUT2D eigenvalue weighted by Gasteiger charge is -2.22. The largest absolute Gasteiger partial charge is 0.497 e. The minimum absolute atomic E-state index is 0.165. The van der Waals surface area contributed by atoms with Gasteiger partial charge in [0.15, 0.2) is 0 Å². The van der Waals surface area contributed by atoms with Crippen LogP contribution in [0, 0.1) is 11.3 Å². The van der Waals surface area contributed by atoms with Gasteiger partial charge in [0.05, 0.1) is 37.0 Å². The first kappa shape index (κ1) is 17.8. The molecule has 1 aromatic rings. The second-order valence-corrected chi connectivity index (χ2v) is 6.92. The van der Waals surface area contributed by atoms with Crippen molar-refractivity contribution in [1.82, 2.24) is 0 Å². The van der Waals surface area contributed by atoms with Gasteiger partial charge in [-0.15, -0.1) is 0 Å². The summed E-state index contributed by atoms with van der Waals surface area (Å²) < 4.78 is 32.9. The first-order valence-corrected chi connectivity index (χ1v) is 8.95. The molecule has 0 spiro atoms. The van der Waals surface area contributed by atoms with Crippen molar-refractivity contribution in [3.8, 4) is 11.8 Å². The summed E-state index contributed by atoms with van der Waals surface area (Å²) in [6.07, 6.45) is 5.46. The number of benzene rings is 1. The smallest absolute Gasteiger partial charge is 0.328 e. The molecule has 0 radical (unpaired) electrons. The molecule has 0 amide bonds. The highest BCUT2D eigenvalue weighted by atomic mass is 32.2. The molecule has 1 aromatic carbocycles. The third kappa shape index (κ3) is 4.24. The van der Waals surface area contributed by atoms with E-state index in [2.05, 4.69) is 11.2 Å². The summed E-state index contributed by atoms with van der Waals surface area (Å²) in [5, 5.41) is 12.9. The fourth-order valence-corrected chi connectivity index (χ4v) is 2.63. The Morgan fingerprint density at radius 2 is 2.00 bits per heavy atom. The first-order chi connectivity index (χ1) is 11.5. The van der Waals surface area contributed by atoms with Crippen molar-refractivity contribution in [3.63, 3.8) is 0 Å². The van der Waals surface area contributed by atoms with E-state index in [4.69, 9.17) is 14.3 Å². The molecular weight excluding hydrogens is 328 g/mol. The van der Waals surface area contributed by atoms with E-state index in [1.807, 2.05) is 18.2 Å². The fourth-order valence-electron chi connectivity index (χ4n) is 2.32. The molecule has 7 heteroatoms.